The van der Waals surface area contributed by atoms with Gasteiger partial charge in [-0.2, -0.15) is 9.97 Å². The third-order valence-electron chi connectivity index (χ3n) is 2.57. The van der Waals surface area contributed by atoms with Gasteiger partial charge >= 0.3 is 6.01 Å². The van der Waals surface area contributed by atoms with Gasteiger partial charge in [0.25, 0.3) is 0 Å². The average molecular weight is 226 g/mol. The Balaban J connectivity index is 2.24. The zero-order valence-corrected chi connectivity index (χ0v) is 9.18. The maximum absolute atomic E-state index is 9.31. The standard InChI is InChI=1S/C12H10N4O/c1-7-9-11(16-12(17)13-7)15-10(14-9)8-5-3-2-4-6-8/h2-6H,1H3,(H2,13,14,15,16,17). The van der Waals surface area contributed by atoms with E-state index in [1.807, 2.05) is 30.3 Å². The van der Waals surface area contributed by atoms with Crippen molar-refractivity contribution in [3.8, 4) is 17.4 Å². The molecule has 3 aromatic rings. The maximum Gasteiger partial charge on any atom is 0.316 e. The van der Waals surface area contributed by atoms with Crippen molar-refractivity contribution in [2.45, 2.75) is 6.92 Å². The predicted octanol–water partition coefficient (Wildman–Crippen LogP) is 2.03. The van der Waals surface area contributed by atoms with E-state index < -0.39 is 0 Å². The van der Waals surface area contributed by atoms with Crippen molar-refractivity contribution < 1.29 is 5.11 Å². The fourth-order valence-corrected chi connectivity index (χ4v) is 1.76. The van der Waals surface area contributed by atoms with Crippen LogP contribution in [0, 0.1) is 6.92 Å². The molecule has 0 aliphatic heterocycles. The predicted molar refractivity (Wildman–Crippen MR) is 63.5 cm³/mol. The van der Waals surface area contributed by atoms with Crippen LogP contribution >= 0.6 is 0 Å². The Morgan fingerprint density at radius 2 is 1.82 bits per heavy atom. The van der Waals surface area contributed by atoms with E-state index in [2.05, 4.69) is 19.9 Å². The van der Waals surface area contributed by atoms with Crippen molar-refractivity contribution in [2.75, 3.05) is 0 Å². The molecule has 0 unspecified atom stereocenters. The number of aromatic hydroxyl groups is 1. The van der Waals surface area contributed by atoms with Crippen LogP contribution in [0.4, 0.5) is 0 Å². The zero-order chi connectivity index (χ0) is 11.8. The molecule has 0 aliphatic carbocycles. The third kappa shape index (κ3) is 1.61. The van der Waals surface area contributed by atoms with Gasteiger partial charge in [-0.1, -0.05) is 30.3 Å². The molecule has 3 rings (SSSR count). The number of nitrogens with one attached hydrogen (secondary N) is 1. The minimum Gasteiger partial charge on any atom is -0.479 e. The summed E-state index contributed by atoms with van der Waals surface area (Å²) in [5.41, 5.74) is 2.89. The Labute approximate surface area is 97.2 Å². The smallest absolute Gasteiger partial charge is 0.316 e. The molecular weight excluding hydrogens is 216 g/mol. The van der Waals surface area contributed by atoms with Gasteiger partial charge in [-0.15, -0.1) is 0 Å². The molecule has 0 atom stereocenters. The highest BCUT2D eigenvalue weighted by atomic mass is 16.3. The van der Waals surface area contributed by atoms with E-state index in [4.69, 9.17) is 0 Å². The summed E-state index contributed by atoms with van der Waals surface area (Å²) in [7, 11) is 0. The van der Waals surface area contributed by atoms with Crippen LogP contribution in [0.1, 0.15) is 5.69 Å². The van der Waals surface area contributed by atoms with Gasteiger partial charge in [0.15, 0.2) is 5.65 Å². The number of hydrogen-bond acceptors (Lipinski definition) is 4. The number of rotatable bonds is 1. The SMILES string of the molecule is Cc1nc(O)nc2nc(-c3ccccc3)[nH]c12. The van der Waals surface area contributed by atoms with Gasteiger partial charge < -0.3 is 10.1 Å². The highest BCUT2D eigenvalue weighted by molar-refractivity contribution is 5.77. The lowest BCUT2D eigenvalue weighted by molar-refractivity contribution is 0.431. The van der Waals surface area contributed by atoms with Crippen molar-refractivity contribution in [1.29, 1.82) is 0 Å². The molecule has 0 amide bonds. The van der Waals surface area contributed by atoms with Crippen LogP contribution in [0.2, 0.25) is 0 Å². The summed E-state index contributed by atoms with van der Waals surface area (Å²) in [6, 6.07) is 9.50. The fraction of sp³-hybridized carbons (Fsp3) is 0.0833. The monoisotopic (exact) mass is 226 g/mol. The Morgan fingerprint density at radius 1 is 1.06 bits per heavy atom. The van der Waals surface area contributed by atoms with E-state index in [-0.39, 0.29) is 6.01 Å². The van der Waals surface area contributed by atoms with Crippen molar-refractivity contribution in [3.05, 3.63) is 36.0 Å². The van der Waals surface area contributed by atoms with Crippen molar-refractivity contribution in [1.82, 2.24) is 19.9 Å². The number of aromatic amines is 1. The van der Waals surface area contributed by atoms with Crippen LogP contribution < -0.4 is 0 Å². The molecule has 0 bridgehead atoms. The first-order chi connectivity index (χ1) is 8.24. The third-order valence-corrected chi connectivity index (χ3v) is 2.57. The van der Waals surface area contributed by atoms with Crippen molar-refractivity contribution >= 4 is 11.2 Å². The number of aryl methyl sites for hydroxylation is 1. The van der Waals surface area contributed by atoms with Crippen LogP contribution in [0.25, 0.3) is 22.6 Å². The van der Waals surface area contributed by atoms with Gasteiger partial charge in [-0.25, -0.2) is 4.98 Å². The van der Waals surface area contributed by atoms with E-state index in [0.717, 1.165) is 16.9 Å². The van der Waals surface area contributed by atoms with Crippen LogP contribution in [0.5, 0.6) is 6.01 Å². The zero-order valence-electron chi connectivity index (χ0n) is 9.18. The first kappa shape index (κ1) is 9.77. The first-order valence-corrected chi connectivity index (χ1v) is 5.23. The van der Waals surface area contributed by atoms with Gasteiger partial charge in [-0.05, 0) is 6.92 Å². The molecule has 0 spiro atoms. The normalized spacial score (nSPS) is 10.9. The van der Waals surface area contributed by atoms with Crippen LogP contribution in [-0.2, 0) is 0 Å². The maximum atomic E-state index is 9.31. The van der Waals surface area contributed by atoms with E-state index >= 15 is 0 Å². The molecule has 0 fully saturated rings. The average Bonchev–Trinajstić information content (AvgIpc) is 2.74. The highest BCUT2D eigenvalue weighted by Crippen LogP contribution is 2.21. The minimum absolute atomic E-state index is 0.249. The fourth-order valence-electron chi connectivity index (χ4n) is 1.76. The Bertz CT molecular complexity index is 676. The molecule has 17 heavy (non-hydrogen) atoms. The highest BCUT2D eigenvalue weighted by Gasteiger charge is 2.10. The molecule has 0 saturated heterocycles. The number of hydrogen-bond donors (Lipinski definition) is 2. The molecule has 5 nitrogen and oxygen atoms in total. The molecule has 84 valence electrons. The Morgan fingerprint density at radius 3 is 2.59 bits per heavy atom. The van der Waals surface area contributed by atoms with Crippen LogP contribution in [0.15, 0.2) is 30.3 Å². The molecule has 0 radical (unpaired) electrons. The van der Waals surface area contributed by atoms with Crippen molar-refractivity contribution in [2.24, 2.45) is 0 Å². The lowest BCUT2D eigenvalue weighted by Crippen LogP contribution is -1.87. The quantitative estimate of drug-likeness (QED) is 0.665. The molecule has 1 aromatic carbocycles. The molecule has 0 saturated carbocycles. The Hall–Kier alpha value is -2.43. The largest absolute Gasteiger partial charge is 0.479 e. The second kappa shape index (κ2) is 3.55. The molecule has 2 N–H and O–H groups in total. The molecule has 0 aliphatic rings. The number of H-pyrrole nitrogens is 1. The van der Waals surface area contributed by atoms with E-state index in [0.29, 0.717) is 11.3 Å². The summed E-state index contributed by atoms with van der Waals surface area (Å²) in [4.78, 5) is 15.3. The second-order valence-corrected chi connectivity index (χ2v) is 3.76. The summed E-state index contributed by atoms with van der Waals surface area (Å²) in [6.07, 6.45) is 0. The lowest BCUT2D eigenvalue weighted by Gasteiger charge is -1.94. The summed E-state index contributed by atoms with van der Waals surface area (Å²) in [5.74, 6) is 0.726. The number of imidazole rings is 1. The summed E-state index contributed by atoms with van der Waals surface area (Å²) in [5, 5.41) is 9.31. The second-order valence-electron chi connectivity index (χ2n) is 3.76. The lowest BCUT2D eigenvalue weighted by atomic mass is 10.2. The Kier molecular flexibility index (Phi) is 2.04. The van der Waals surface area contributed by atoms with Crippen LogP contribution in [0.3, 0.4) is 0 Å². The van der Waals surface area contributed by atoms with Gasteiger partial charge in [-0.3, -0.25) is 0 Å². The van der Waals surface area contributed by atoms with Gasteiger partial charge in [0.2, 0.25) is 0 Å². The van der Waals surface area contributed by atoms with Crippen LogP contribution in [-0.4, -0.2) is 25.0 Å². The first-order valence-electron chi connectivity index (χ1n) is 5.23. The van der Waals surface area contributed by atoms with Gasteiger partial charge in [0.1, 0.15) is 11.3 Å². The molecule has 2 aromatic heterocycles. The van der Waals surface area contributed by atoms with E-state index in [1.54, 1.807) is 6.92 Å². The van der Waals surface area contributed by atoms with Gasteiger partial charge in [0, 0.05) is 5.56 Å². The number of aromatic nitrogens is 4. The topological polar surface area (TPSA) is 74.7 Å². The summed E-state index contributed by atoms with van der Waals surface area (Å²) < 4.78 is 0. The summed E-state index contributed by atoms with van der Waals surface area (Å²) in [6.45, 7) is 1.80. The molecule has 5 heteroatoms. The van der Waals surface area contributed by atoms with Gasteiger partial charge in [0.05, 0.1) is 5.69 Å². The van der Waals surface area contributed by atoms with E-state index in [1.165, 1.54) is 0 Å². The number of nitrogens with zero attached hydrogens (tertiary/aromatic N) is 3. The molecule has 2 heterocycles. The minimum atomic E-state index is -0.249. The van der Waals surface area contributed by atoms with E-state index in [9.17, 15) is 5.11 Å². The number of fused-ring (bicyclic) bond motifs is 1. The molecular formula is C12H10N4O. The van der Waals surface area contributed by atoms with Crippen molar-refractivity contribution in [3.63, 3.8) is 0 Å². The number of benzene rings is 1. The summed E-state index contributed by atoms with van der Waals surface area (Å²) >= 11 is 0.